The average molecular weight is 330 g/mol. The molecule has 0 fully saturated rings. The largest absolute Gasteiger partial charge is 0.387 e. The molecule has 0 saturated heterocycles. The van der Waals surface area contributed by atoms with Gasteiger partial charge in [0.05, 0.1) is 12.6 Å². The van der Waals surface area contributed by atoms with Crippen LogP contribution < -0.4 is 5.32 Å². The van der Waals surface area contributed by atoms with Gasteiger partial charge in [-0.15, -0.1) is 10.2 Å². The van der Waals surface area contributed by atoms with E-state index in [1.165, 1.54) is 17.4 Å². The van der Waals surface area contributed by atoms with E-state index in [1.54, 1.807) is 6.92 Å². The van der Waals surface area contributed by atoms with E-state index in [1.807, 2.05) is 30.3 Å². The Balaban J connectivity index is 1.62. The Kier molecular flexibility index (Phi) is 4.45. The minimum absolute atomic E-state index is 0.0497. The number of hydrogen-bond donors (Lipinski definition) is 2. The van der Waals surface area contributed by atoms with Crippen LogP contribution in [0.25, 0.3) is 10.6 Å². The standard InChI is InChI=1S/C15H14N4O3S/c1-9(20)11-7-12(22-19-11)14(21)16-8-13-17-18-15(23-13)10-5-3-2-4-6-10/h2-7,9,20H,8H2,1H3,(H,16,21)/t9-/m1/s1. The second-order valence-electron chi connectivity index (χ2n) is 4.84. The van der Waals surface area contributed by atoms with Gasteiger partial charge in [0.2, 0.25) is 5.76 Å². The Morgan fingerprint density at radius 1 is 1.35 bits per heavy atom. The number of amides is 1. The van der Waals surface area contributed by atoms with Crippen LogP contribution in [0.3, 0.4) is 0 Å². The number of nitrogens with one attached hydrogen (secondary N) is 1. The molecular weight excluding hydrogens is 316 g/mol. The van der Waals surface area contributed by atoms with Crippen LogP contribution in [0, 0.1) is 0 Å². The molecule has 7 nitrogen and oxygen atoms in total. The smallest absolute Gasteiger partial charge is 0.290 e. The van der Waals surface area contributed by atoms with Crippen molar-refractivity contribution in [2.45, 2.75) is 19.6 Å². The number of aromatic nitrogens is 3. The summed E-state index contributed by atoms with van der Waals surface area (Å²) < 4.78 is 4.90. The van der Waals surface area contributed by atoms with Crippen molar-refractivity contribution in [3.63, 3.8) is 0 Å². The molecule has 0 bridgehead atoms. The third-order valence-corrected chi connectivity index (χ3v) is 4.04. The van der Waals surface area contributed by atoms with Gasteiger partial charge in [0.15, 0.2) is 0 Å². The lowest BCUT2D eigenvalue weighted by atomic mass is 10.2. The lowest BCUT2D eigenvalue weighted by molar-refractivity contribution is 0.0913. The summed E-state index contributed by atoms with van der Waals surface area (Å²) in [5.74, 6) is -0.366. The monoisotopic (exact) mass is 330 g/mol. The summed E-state index contributed by atoms with van der Waals surface area (Å²) in [4.78, 5) is 12.0. The Labute approximate surface area is 136 Å². The third-order valence-electron chi connectivity index (χ3n) is 3.07. The van der Waals surface area contributed by atoms with Crippen molar-refractivity contribution in [3.8, 4) is 10.6 Å². The number of carbonyl (C=O) groups excluding carboxylic acids is 1. The van der Waals surface area contributed by atoms with E-state index in [4.69, 9.17) is 4.52 Å². The van der Waals surface area contributed by atoms with Crippen LogP contribution in [-0.4, -0.2) is 26.4 Å². The second kappa shape index (κ2) is 6.67. The maximum absolute atomic E-state index is 12.0. The van der Waals surface area contributed by atoms with Crippen LogP contribution in [0.5, 0.6) is 0 Å². The number of aliphatic hydroxyl groups excluding tert-OH is 1. The first-order valence-electron chi connectivity index (χ1n) is 6.94. The first kappa shape index (κ1) is 15.3. The highest BCUT2D eigenvalue weighted by molar-refractivity contribution is 7.14. The van der Waals surface area contributed by atoms with Crippen molar-refractivity contribution in [2.24, 2.45) is 0 Å². The van der Waals surface area contributed by atoms with E-state index < -0.39 is 12.0 Å². The van der Waals surface area contributed by atoms with Crippen molar-refractivity contribution in [3.05, 3.63) is 52.9 Å². The summed E-state index contributed by atoms with van der Waals surface area (Å²) in [5, 5.41) is 25.3. The van der Waals surface area contributed by atoms with Gasteiger partial charge in [0, 0.05) is 11.6 Å². The number of benzene rings is 1. The van der Waals surface area contributed by atoms with E-state index in [-0.39, 0.29) is 12.3 Å². The number of hydrogen-bond acceptors (Lipinski definition) is 7. The zero-order chi connectivity index (χ0) is 16.2. The van der Waals surface area contributed by atoms with Gasteiger partial charge in [-0.1, -0.05) is 46.8 Å². The van der Waals surface area contributed by atoms with Gasteiger partial charge >= 0.3 is 0 Å². The van der Waals surface area contributed by atoms with Gasteiger partial charge in [-0.25, -0.2) is 0 Å². The molecule has 0 aliphatic heterocycles. The molecule has 2 heterocycles. The molecule has 0 saturated carbocycles. The molecule has 1 atom stereocenters. The average Bonchev–Trinajstić information content (AvgIpc) is 3.23. The number of rotatable bonds is 5. The highest BCUT2D eigenvalue weighted by Gasteiger charge is 2.16. The van der Waals surface area contributed by atoms with E-state index in [0.717, 1.165) is 10.6 Å². The van der Waals surface area contributed by atoms with Gasteiger partial charge in [-0.05, 0) is 6.92 Å². The SMILES string of the molecule is C[C@@H](O)c1cc(C(=O)NCc2nnc(-c3ccccc3)s2)on1. The fourth-order valence-electron chi connectivity index (χ4n) is 1.86. The minimum Gasteiger partial charge on any atom is -0.387 e. The second-order valence-corrected chi connectivity index (χ2v) is 5.90. The highest BCUT2D eigenvalue weighted by atomic mass is 32.1. The molecule has 2 aromatic heterocycles. The molecule has 0 radical (unpaired) electrons. The van der Waals surface area contributed by atoms with Crippen LogP contribution in [0.1, 0.15) is 34.3 Å². The van der Waals surface area contributed by atoms with Crippen LogP contribution in [0.4, 0.5) is 0 Å². The summed E-state index contributed by atoms with van der Waals surface area (Å²) in [5.41, 5.74) is 1.30. The fourth-order valence-corrected chi connectivity index (χ4v) is 2.64. The van der Waals surface area contributed by atoms with Crippen LogP contribution >= 0.6 is 11.3 Å². The molecule has 0 aliphatic rings. The molecule has 0 aliphatic carbocycles. The van der Waals surface area contributed by atoms with Gasteiger partial charge in [-0.3, -0.25) is 4.79 Å². The fraction of sp³-hybridized carbons (Fsp3) is 0.200. The van der Waals surface area contributed by atoms with Crippen LogP contribution in [0.15, 0.2) is 40.9 Å². The number of nitrogens with zero attached hydrogens (tertiary/aromatic N) is 3. The Hall–Kier alpha value is -2.58. The van der Waals surface area contributed by atoms with Crippen molar-refractivity contribution >= 4 is 17.2 Å². The summed E-state index contributed by atoms with van der Waals surface area (Å²) in [7, 11) is 0. The molecular formula is C15H14N4O3S. The number of aliphatic hydroxyl groups is 1. The summed E-state index contributed by atoms with van der Waals surface area (Å²) >= 11 is 1.41. The van der Waals surface area contributed by atoms with E-state index >= 15 is 0 Å². The Morgan fingerprint density at radius 2 is 2.13 bits per heavy atom. The predicted octanol–water partition coefficient (Wildman–Crippen LogP) is 2.18. The predicted molar refractivity (Wildman–Crippen MR) is 83.7 cm³/mol. The molecule has 2 N–H and O–H groups in total. The Morgan fingerprint density at radius 3 is 2.83 bits per heavy atom. The molecule has 8 heteroatoms. The molecule has 118 valence electrons. The van der Waals surface area contributed by atoms with Gasteiger partial charge in [-0.2, -0.15) is 0 Å². The van der Waals surface area contributed by atoms with E-state index in [2.05, 4.69) is 20.7 Å². The van der Waals surface area contributed by atoms with Crippen molar-refractivity contribution in [1.29, 1.82) is 0 Å². The maximum Gasteiger partial charge on any atom is 0.290 e. The quantitative estimate of drug-likeness (QED) is 0.743. The Bertz CT molecular complexity index is 798. The zero-order valence-corrected chi connectivity index (χ0v) is 13.1. The van der Waals surface area contributed by atoms with Crippen molar-refractivity contribution in [1.82, 2.24) is 20.7 Å². The molecule has 0 spiro atoms. The minimum atomic E-state index is -0.781. The van der Waals surface area contributed by atoms with Gasteiger partial charge < -0.3 is 14.9 Å². The topological polar surface area (TPSA) is 101 Å². The first-order chi connectivity index (χ1) is 11.1. The van der Waals surface area contributed by atoms with Crippen molar-refractivity contribution < 1.29 is 14.4 Å². The summed E-state index contributed by atoms with van der Waals surface area (Å²) in [6.45, 7) is 1.79. The molecule has 3 rings (SSSR count). The first-order valence-corrected chi connectivity index (χ1v) is 7.76. The van der Waals surface area contributed by atoms with Gasteiger partial charge in [0.25, 0.3) is 5.91 Å². The van der Waals surface area contributed by atoms with E-state index in [9.17, 15) is 9.90 Å². The van der Waals surface area contributed by atoms with Crippen molar-refractivity contribution in [2.75, 3.05) is 0 Å². The lowest BCUT2D eigenvalue weighted by Gasteiger charge is -1.98. The summed E-state index contributed by atoms with van der Waals surface area (Å²) in [6, 6.07) is 11.1. The number of carbonyl (C=O) groups is 1. The summed E-state index contributed by atoms with van der Waals surface area (Å²) in [6.07, 6.45) is -0.781. The van der Waals surface area contributed by atoms with E-state index in [0.29, 0.717) is 10.7 Å². The zero-order valence-electron chi connectivity index (χ0n) is 12.3. The molecule has 1 aromatic carbocycles. The normalized spacial score (nSPS) is 12.1. The van der Waals surface area contributed by atoms with Crippen LogP contribution in [-0.2, 0) is 6.54 Å². The van der Waals surface area contributed by atoms with Crippen LogP contribution in [0.2, 0.25) is 0 Å². The molecule has 3 aromatic rings. The third kappa shape index (κ3) is 3.61. The highest BCUT2D eigenvalue weighted by Crippen LogP contribution is 2.22. The van der Waals surface area contributed by atoms with Gasteiger partial charge in [0.1, 0.15) is 15.7 Å². The molecule has 0 unspecified atom stereocenters. The lowest BCUT2D eigenvalue weighted by Crippen LogP contribution is -2.22. The maximum atomic E-state index is 12.0. The molecule has 23 heavy (non-hydrogen) atoms. The molecule has 1 amide bonds.